The van der Waals surface area contributed by atoms with Gasteiger partial charge in [-0.05, 0) is 49.6 Å². The van der Waals surface area contributed by atoms with Crippen molar-refractivity contribution in [1.82, 2.24) is 0 Å². The molecule has 2 rings (SSSR count). The minimum absolute atomic E-state index is 0.310. The minimum atomic E-state index is 0.310. The maximum Gasteiger partial charge on any atom is 0.127 e. The normalized spacial score (nSPS) is 10.0. The van der Waals surface area contributed by atoms with Crippen molar-refractivity contribution in [2.24, 2.45) is 5.16 Å². The van der Waals surface area contributed by atoms with Gasteiger partial charge >= 0.3 is 0 Å². The van der Waals surface area contributed by atoms with E-state index in [4.69, 9.17) is 22.8 Å². The Morgan fingerprint density at radius 3 is 2.08 bits per heavy atom. The average molecular weight is 349 g/mol. The van der Waals surface area contributed by atoms with Crippen molar-refractivity contribution in [2.45, 2.75) is 19.8 Å². The van der Waals surface area contributed by atoms with Crippen LogP contribution in [0.15, 0.2) is 59.8 Å². The lowest BCUT2D eigenvalue weighted by atomic mass is 10.1. The van der Waals surface area contributed by atoms with E-state index in [0.717, 1.165) is 30.1 Å². The highest BCUT2D eigenvalue weighted by atomic mass is 16.5. The summed E-state index contributed by atoms with van der Waals surface area (Å²) in [4.78, 5) is 0. The van der Waals surface area contributed by atoms with Gasteiger partial charge in [0.2, 0.25) is 0 Å². The van der Waals surface area contributed by atoms with E-state index in [1.807, 2.05) is 61.5 Å². The predicted molar refractivity (Wildman–Crippen MR) is 105 cm³/mol. The third-order valence-electron chi connectivity index (χ3n) is 3.22. The Hall–Kier alpha value is -3.21. The number of nitrogens with zero attached hydrogens (tertiary/aromatic N) is 1. The summed E-state index contributed by atoms with van der Waals surface area (Å²) in [6.07, 6.45) is 11.3. The van der Waals surface area contributed by atoms with Crippen LogP contribution in [-0.2, 0) is 11.2 Å². The number of oxime groups is 1. The molecule has 134 valence electrons. The first-order valence-corrected chi connectivity index (χ1v) is 8.13. The Morgan fingerprint density at radius 1 is 0.962 bits per heavy atom. The van der Waals surface area contributed by atoms with Crippen LogP contribution in [0.25, 0.3) is 0 Å². The van der Waals surface area contributed by atoms with E-state index < -0.39 is 0 Å². The van der Waals surface area contributed by atoms with E-state index in [-0.39, 0.29) is 0 Å². The highest BCUT2D eigenvalue weighted by Crippen LogP contribution is 2.21. The topological polar surface area (TPSA) is 51.0 Å². The van der Waals surface area contributed by atoms with Gasteiger partial charge in [-0.15, -0.1) is 12.8 Å². The van der Waals surface area contributed by atoms with Crippen LogP contribution in [0, 0.1) is 24.7 Å². The van der Waals surface area contributed by atoms with Gasteiger partial charge in [-0.1, -0.05) is 47.3 Å². The fraction of sp³-hybridized carbons (Fsp3) is 0.227. The summed E-state index contributed by atoms with van der Waals surface area (Å²) in [6.45, 7) is 2.43. The monoisotopic (exact) mass is 349 g/mol. The Bertz CT molecular complexity index is 724. The molecule has 0 aliphatic heterocycles. The van der Waals surface area contributed by atoms with Crippen LogP contribution < -0.4 is 4.74 Å². The molecule has 0 atom stereocenters. The standard InChI is InChI=1S/C16H17NO2.C6H6O/c1-13(17-18)7-8-14-9-11-16(12-10-14)19-15-5-3-2-4-6-15;1-3-5-7-6-4-2/h2-6,9-12,18H,7-8H2,1H3;1-2H,5-6H2. The molecule has 26 heavy (non-hydrogen) atoms. The van der Waals surface area contributed by atoms with Crippen LogP contribution in [-0.4, -0.2) is 24.1 Å². The fourth-order valence-corrected chi connectivity index (χ4v) is 1.89. The van der Waals surface area contributed by atoms with Gasteiger partial charge in [0.05, 0.1) is 5.71 Å². The van der Waals surface area contributed by atoms with Gasteiger partial charge in [0.15, 0.2) is 0 Å². The first-order chi connectivity index (χ1) is 12.7. The van der Waals surface area contributed by atoms with E-state index in [1.54, 1.807) is 0 Å². The SMILES string of the molecule is C#CCOCC#C.CC(CCc1ccc(Oc2ccccc2)cc1)=NO. The van der Waals surface area contributed by atoms with Gasteiger partial charge in [0, 0.05) is 0 Å². The van der Waals surface area contributed by atoms with Crippen molar-refractivity contribution < 1.29 is 14.7 Å². The summed E-state index contributed by atoms with van der Waals surface area (Å²) in [5, 5.41) is 11.8. The van der Waals surface area contributed by atoms with Crippen molar-refractivity contribution in [3.8, 4) is 36.2 Å². The maximum absolute atomic E-state index is 8.59. The zero-order valence-corrected chi connectivity index (χ0v) is 14.9. The average Bonchev–Trinajstić information content (AvgIpc) is 2.69. The van der Waals surface area contributed by atoms with Gasteiger partial charge in [0.1, 0.15) is 24.7 Å². The van der Waals surface area contributed by atoms with Gasteiger partial charge in [-0.25, -0.2) is 0 Å². The van der Waals surface area contributed by atoms with E-state index in [9.17, 15) is 0 Å². The van der Waals surface area contributed by atoms with E-state index in [2.05, 4.69) is 21.7 Å². The number of benzene rings is 2. The molecule has 0 radical (unpaired) electrons. The van der Waals surface area contributed by atoms with Crippen molar-refractivity contribution >= 4 is 5.71 Å². The van der Waals surface area contributed by atoms with Gasteiger partial charge < -0.3 is 14.7 Å². The van der Waals surface area contributed by atoms with Crippen LogP contribution in [0.2, 0.25) is 0 Å². The first-order valence-electron chi connectivity index (χ1n) is 8.13. The molecule has 0 amide bonds. The third-order valence-corrected chi connectivity index (χ3v) is 3.22. The lowest BCUT2D eigenvalue weighted by molar-refractivity contribution is 0.205. The molecular formula is C22H23NO3. The van der Waals surface area contributed by atoms with E-state index >= 15 is 0 Å². The van der Waals surface area contributed by atoms with Crippen LogP contribution in [0.1, 0.15) is 18.9 Å². The van der Waals surface area contributed by atoms with Gasteiger partial charge in [0.25, 0.3) is 0 Å². The Balaban J connectivity index is 0.000000412. The summed E-state index contributed by atoms with van der Waals surface area (Å²) in [6, 6.07) is 17.7. The number of aryl methyl sites for hydroxylation is 1. The molecule has 0 aliphatic carbocycles. The summed E-state index contributed by atoms with van der Waals surface area (Å²) in [7, 11) is 0. The number of para-hydroxylation sites is 1. The minimum Gasteiger partial charge on any atom is -0.457 e. The summed E-state index contributed by atoms with van der Waals surface area (Å²) >= 11 is 0. The summed E-state index contributed by atoms with van der Waals surface area (Å²) in [5.41, 5.74) is 1.94. The van der Waals surface area contributed by atoms with Crippen LogP contribution in [0.3, 0.4) is 0 Å². The molecule has 0 saturated heterocycles. The molecular weight excluding hydrogens is 326 g/mol. The molecule has 0 saturated carbocycles. The molecule has 4 heteroatoms. The second-order valence-corrected chi connectivity index (χ2v) is 5.30. The predicted octanol–water partition coefficient (Wildman–Crippen LogP) is 4.53. The second-order valence-electron chi connectivity index (χ2n) is 5.30. The molecule has 0 fully saturated rings. The highest BCUT2D eigenvalue weighted by molar-refractivity contribution is 5.81. The van der Waals surface area contributed by atoms with E-state index in [1.165, 1.54) is 5.56 Å². The van der Waals surface area contributed by atoms with Gasteiger partial charge in [-0.2, -0.15) is 0 Å². The Morgan fingerprint density at radius 2 is 1.54 bits per heavy atom. The summed E-state index contributed by atoms with van der Waals surface area (Å²) < 4.78 is 10.4. The molecule has 0 spiro atoms. The van der Waals surface area contributed by atoms with E-state index in [0.29, 0.717) is 13.2 Å². The maximum atomic E-state index is 8.59. The third kappa shape index (κ3) is 9.17. The molecule has 4 nitrogen and oxygen atoms in total. The zero-order chi connectivity index (χ0) is 19.0. The molecule has 0 bridgehead atoms. The largest absolute Gasteiger partial charge is 0.457 e. The van der Waals surface area contributed by atoms with Gasteiger partial charge in [-0.3, -0.25) is 0 Å². The number of rotatable bonds is 7. The number of terminal acetylenes is 2. The molecule has 1 N–H and O–H groups in total. The molecule has 0 unspecified atom stereocenters. The van der Waals surface area contributed by atoms with Crippen LogP contribution in [0.4, 0.5) is 0 Å². The molecule has 0 aliphatic rings. The van der Waals surface area contributed by atoms with Crippen molar-refractivity contribution in [3.05, 3.63) is 60.2 Å². The van der Waals surface area contributed by atoms with Crippen LogP contribution in [0.5, 0.6) is 11.5 Å². The number of hydrogen-bond donors (Lipinski definition) is 1. The van der Waals surface area contributed by atoms with Crippen molar-refractivity contribution in [2.75, 3.05) is 13.2 Å². The molecule has 2 aromatic carbocycles. The molecule has 0 heterocycles. The second kappa shape index (κ2) is 13.1. The smallest absolute Gasteiger partial charge is 0.127 e. The molecule has 2 aromatic rings. The zero-order valence-electron chi connectivity index (χ0n) is 14.9. The highest BCUT2D eigenvalue weighted by Gasteiger charge is 1.99. The summed E-state index contributed by atoms with van der Waals surface area (Å²) in [5.74, 6) is 6.22. The quantitative estimate of drug-likeness (QED) is 0.263. The number of ether oxygens (including phenoxy) is 2. The number of hydrogen-bond acceptors (Lipinski definition) is 4. The lowest BCUT2D eigenvalue weighted by Gasteiger charge is -2.06. The van der Waals surface area contributed by atoms with Crippen molar-refractivity contribution in [1.29, 1.82) is 0 Å². The Labute approximate surface area is 155 Å². The lowest BCUT2D eigenvalue weighted by Crippen LogP contribution is -1.95. The van der Waals surface area contributed by atoms with Crippen molar-refractivity contribution in [3.63, 3.8) is 0 Å². The van der Waals surface area contributed by atoms with Crippen LogP contribution >= 0.6 is 0 Å². The first kappa shape index (κ1) is 20.8. The molecule has 0 aromatic heterocycles. The Kier molecular flexibility index (Phi) is 10.5. The fourth-order valence-electron chi connectivity index (χ4n) is 1.89.